The molecule has 2 aliphatic heterocycles. The summed E-state index contributed by atoms with van der Waals surface area (Å²) >= 11 is 0. The standard InChI is InChI=1S/C15H28N2O/c1-12(2)9-14(18)16-7-5-15(6-8-16)10-17(11-15)13(3)4/h12-13H,5-11H2,1-4H3. The number of hydrogen-bond donors (Lipinski definition) is 0. The Kier molecular flexibility index (Phi) is 4.00. The highest BCUT2D eigenvalue weighted by molar-refractivity contribution is 5.76. The van der Waals surface area contributed by atoms with Gasteiger partial charge in [-0.1, -0.05) is 13.8 Å². The number of piperidine rings is 1. The first-order valence-corrected chi connectivity index (χ1v) is 7.44. The lowest BCUT2D eigenvalue weighted by molar-refractivity contribution is -0.137. The van der Waals surface area contributed by atoms with Gasteiger partial charge in [0, 0.05) is 38.6 Å². The summed E-state index contributed by atoms with van der Waals surface area (Å²) in [6.45, 7) is 13.2. The summed E-state index contributed by atoms with van der Waals surface area (Å²) in [5.74, 6) is 0.841. The zero-order valence-corrected chi connectivity index (χ0v) is 12.4. The van der Waals surface area contributed by atoms with Gasteiger partial charge in [0.25, 0.3) is 0 Å². The monoisotopic (exact) mass is 252 g/mol. The van der Waals surface area contributed by atoms with Crippen molar-refractivity contribution in [1.82, 2.24) is 9.80 Å². The van der Waals surface area contributed by atoms with E-state index in [1.165, 1.54) is 25.9 Å². The first kappa shape index (κ1) is 13.9. The molecule has 0 radical (unpaired) electrons. The third kappa shape index (κ3) is 2.87. The zero-order valence-electron chi connectivity index (χ0n) is 12.4. The summed E-state index contributed by atoms with van der Waals surface area (Å²) < 4.78 is 0. The second-order valence-electron chi connectivity index (χ2n) is 6.98. The van der Waals surface area contributed by atoms with Gasteiger partial charge in [0.1, 0.15) is 0 Å². The topological polar surface area (TPSA) is 23.6 Å². The molecule has 2 saturated heterocycles. The summed E-state index contributed by atoms with van der Waals surface area (Å²) in [7, 11) is 0. The highest BCUT2D eigenvalue weighted by atomic mass is 16.2. The minimum absolute atomic E-state index is 0.361. The lowest BCUT2D eigenvalue weighted by Gasteiger charge is -2.55. The first-order valence-electron chi connectivity index (χ1n) is 7.44. The van der Waals surface area contributed by atoms with Gasteiger partial charge >= 0.3 is 0 Å². The Labute approximate surface area is 112 Å². The molecule has 3 heteroatoms. The van der Waals surface area contributed by atoms with Gasteiger partial charge in [0.05, 0.1) is 0 Å². The second-order valence-corrected chi connectivity index (χ2v) is 6.98. The summed E-state index contributed by atoms with van der Waals surface area (Å²) in [6, 6.07) is 0.677. The number of nitrogens with zero attached hydrogens (tertiary/aromatic N) is 2. The highest BCUT2D eigenvalue weighted by Gasteiger charge is 2.45. The average molecular weight is 252 g/mol. The van der Waals surface area contributed by atoms with E-state index < -0.39 is 0 Å². The van der Waals surface area contributed by atoms with E-state index in [0.29, 0.717) is 29.7 Å². The van der Waals surface area contributed by atoms with E-state index in [2.05, 4.69) is 37.5 Å². The molecule has 18 heavy (non-hydrogen) atoms. The van der Waals surface area contributed by atoms with Crippen LogP contribution in [-0.2, 0) is 4.79 Å². The van der Waals surface area contributed by atoms with Crippen molar-refractivity contribution in [3.8, 4) is 0 Å². The molecule has 0 bridgehead atoms. The molecule has 2 heterocycles. The maximum atomic E-state index is 12.0. The number of hydrogen-bond acceptors (Lipinski definition) is 2. The van der Waals surface area contributed by atoms with Crippen LogP contribution in [0.25, 0.3) is 0 Å². The molecular weight excluding hydrogens is 224 g/mol. The Morgan fingerprint density at radius 2 is 1.67 bits per heavy atom. The van der Waals surface area contributed by atoms with Gasteiger partial charge in [-0.3, -0.25) is 9.69 Å². The van der Waals surface area contributed by atoms with Gasteiger partial charge in [-0.25, -0.2) is 0 Å². The van der Waals surface area contributed by atoms with Crippen molar-refractivity contribution < 1.29 is 4.79 Å². The number of carbonyl (C=O) groups is 1. The quantitative estimate of drug-likeness (QED) is 0.770. The van der Waals surface area contributed by atoms with Gasteiger partial charge in [-0.2, -0.15) is 0 Å². The van der Waals surface area contributed by atoms with E-state index in [1.54, 1.807) is 0 Å². The molecule has 0 N–H and O–H groups in total. The smallest absolute Gasteiger partial charge is 0.222 e. The molecule has 0 unspecified atom stereocenters. The molecular formula is C15H28N2O. The van der Waals surface area contributed by atoms with E-state index in [0.717, 1.165) is 13.1 Å². The van der Waals surface area contributed by atoms with Crippen LogP contribution >= 0.6 is 0 Å². The Morgan fingerprint density at radius 1 is 1.11 bits per heavy atom. The van der Waals surface area contributed by atoms with Gasteiger partial charge in [0.15, 0.2) is 0 Å². The molecule has 1 amide bonds. The number of amides is 1. The number of likely N-dealkylation sites (tertiary alicyclic amines) is 2. The van der Waals surface area contributed by atoms with Gasteiger partial charge in [-0.15, -0.1) is 0 Å². The maximum absolute atomic E-state index is 12.0. The van der Waals surface area contributed by atoms with E-state index in [-0.39, 0.29) is 0 Å². The van der Waals surface area contributed by atoms with Crippen LogP contribution in [0.5, 0.6) is 0 Å². The zero-order chi connectivity index (χ0) is 13.3. The maximum Gasteiger partial charge on any atom is 0.222 e. The van der Waals surface area contributed by atoms with Gasteiger partial charge < -0.3 is 4.90 Å². The molecule has 2 rings (SSSR count). The molecule has 2 aliphatic rings. The van der Waals surface area contributed by atoms with Crippen molar-refractivity contribution in [2.24, 2.45) is 11.3 Å². The van der Waals surface area contributed by atoms with E-state index in [4.69, 9.17) is 0 Å². The third-order valence-corrected chi connectivity index (χ3v) is 4.57. The molecule has 104 valence electrons. The van der Waals surface area contributed by atoms with Crippen LogP contribution in [0, 0.1) is 11.3 Å². The molecule has 0 aromatic rings. The van der Waals surface area contributed by atoms with Crippen LogP contribution in [0.2, 0.25) is 0 Å². The molecule has 2 fully saturated rings. The number of rotatable bonds is 3. The van der Waals surface area contributed by atoms with E-state index in [9.17, 15) is 4.79 Å². The van der Waals surface area contributed by atoms with Crippen molar-refractivity contribution in [1.29, 1.82) is 0 Å². The van der Waals surface area contributed by atoms with Crippen LogP contribution < -0.4 is 0 Å². The fourth-order valence-corrected chi connectivity index (χ4v) is 3.21. The highest BCUT2D eigenvalue weighted by Crippen LogP contribution is 2.41. The van der Waals surface area contributed by atoms with E-state index in [1.807, 2.05) is 0 Å². The SMILES string of the molecule is CC(C)CC(=O)N1CCC2(CC1)CN(C(C)C)C2. The molecule has 0 aromatic heterocycles. The molecule has 3 nitrogen and oxygen atoms in total. The molecule has 0 saturated carbocycles. The Balaban J connectivity index is 1.77. The van der Waals surface area contributed by atoms with Crippen LogP contribution in [0.3, 0.4) is 0 Å². The van der Waals surface area contributed by atoms with E-state index >= 15 is 0 Å². The van der Waals surface area contributed by atoms with Crippen LogP contribution in [0.15, 0.2) is 0 Å². The minimum atomic E-state index is 0.361. The fourth-order valence-electron chi connectivity index (χ4n) is 3.21. The Morgan fingerprint density at radius 3 is 2.11 bits per heavy atom. The van der Waals surface area contributed by atoms with Gasteiger partial charge in [0.2, 0.25) is 5.91 Å². The second kappa shape index (κ2) is 5.20. The lowest BCUT2D eigenvalue weighted by atomic mass is 9.71. The lowest BCUT2D eigenvalue weighted by Crippen LogP contribution is -2.62. The Bertz CT molecular complexity index is 296. The largest absolute Gasteiger partial charge is 0.343 e. The van der Waals surface area contributed by atoms with Crippen molar-refractivity contribution >= 4 is 5.91 Å². The van der Waals surface area contributed by atoms with Crippen molar-refractivity contribution in [3.05, 3.63) is 0 Å². The predicted octanol–water partition coefficient (Wildman–Crippen LogP) is 2.37. The predicted molar refractivity (Wildman–Crippen MR) is 74.4 cm³/mol. The minimum Gasteiger partial charge on any atom is -0.343 e. The third-order valence-electron chi connectivity index (χ3n) is 4.57. The molecule has 1 spiro atoms. The molecule has 0 aromatic carbocycles. The fraction of sp³-hybridized carbons (Fsp3) is 0.933. The summed E-state index contributed by atoms with van der Waals surface area (Å²) in [4.78, 5) is 16.6. The first-order chi connectivity index (χ1) is 8.42. The molecule has 0 atom stereocenters. The van der Waals surface area contributed by atoms with Crippen molar-refractivity contribution in [3.63, 3.8) is 0 Å². The molecule has 0 aliphatic carbocycles. The van der Waals surface area contributed by atoms with Gasteiger partial charge in [-0.05, 0) is 38.0 Å². The summed E-state index contributed by atoms with van der Waals surface area (Å²) in [6.07, 6.45) is 3.13. The van der Waals surface area contributed by atoms with Crippen LogP contribution in [0.4, 0.5) is 0 Å². The van der Waals surface area contributed by atoms with Crippen molar-refractivity contribution in [2.45, 2.75) is 53.0 Å². The van der Waals surface area contributed by atoms with Crippen LogP contribution in [0.1, 0.15) is 47.0 Å². The summed E-state index contributed by atoms with van der Waals surface area (Å²) in [5, 5.41) is 0. The summed E-state index contributed by atoms with van der Waals surface area (Å²) in [5.41, 5.74) is 0.541. The average Bonchev–Trinajstić information content (AvgIpc) is 2.24. The number of carbonyl (C=O) groups excluding carboxylic acids is 1. The normalized spacial score (nSPS) is 23.8. The van der Waals surface area contributed by atoms with Crippen molar-refractivity contribution in [2.75, 3.05) is 26.2 Å². The Hall–Kier alpha value is -0.570. The van der Waals surface area contributed by atoms with Crippen LogP contribution in [-0.4, -0.2) is 47.9 Å².